The molecule has 0 aliphatic rings. The van der Waals surface area contributed by atoms with Crippen LogP contribution in [-0.2, 0) is 6.54 Å². The van der Waals surface area contributed by atoms with Crippen molar-refractivity contribution < 1.29 is 4.79 Å². The molecule has 1 aromatic carbocycles. The van der Waals surface area contributed by atoms with E-state index in [0.29, 0.717) is 28.8 Å². The number of nitrogens with two attached hydrogens (primary N) is 1. The molecule has 0 aliphatic heterocycles. The maximum Gasteiger partial charge on any atom is 0.255 e. The largest absolute Gasteiger partial charge is 0.398 e. The number of nitrogen functional groups attached to an aromatic ring is 1. The Morgan fingerprint density at radius 3 is 2.65 bits per heavy atom. The Kier molecular flexibility index (Phi) is 4.74. The van der Waals surface area contributed by atoms with E-state index >= 15 is 0 Å². The van der Waals surface area contributed by atoms with Crippen molar-refractivity contribution in [2.75, 3.05) is 12.3 Å². The van der Waals surface area contributed by atoms with Crippen molar-refractivity contribution in [2.45, 2.75) is 13.5 Å². The Bertz CT molecular complexity index is 601. The van der Waals surface area contributed by atoms with Gasteiger partial charge in [0, 0.05) is 31.2 Å². The Morgan fingerprint density at radius 2 is 2.00 bits per heavy atom. The van der Waals surface area contributed by atoms with Gasteiger partial charge < -0.3 is 10.6 Å². The molecule has 20 heavy (non-hydrogen) atoms. The second-order valence-electron chi connectivity index (χ2n) is 4.38. The molecule has 104 valence electrons. The van der Waals surface area contributed by atoms with E-state index in [1.807, 2.05) is 19.1 Å². The molecule has 1 aromatic heterocycles. The molecule has 4 nitrogen and oxygen atoms in total. The maximum absolute atomic E-state index is 12.6. The summed E-state index contributed by atoms with van der Waals surface area (Å²) < 4.78 is 0.651. The van der Waals surface area contributed by atoms with Crippen LogP contribution in [-0.4, -0.2) is 22.3 Å². The molecule has 2 N–H and O–H groups in total. The molecule has 2 aromatic rings. The summed E-state index contributed by atoms with van der Waals surface area (Å²) in [7, 11) is 0. The van der Waals surface area contributed by atoms with Gasteiger partial charge in [-0.15, -0.1) is 0 Å². The van der Waals surface area contributed by atoms with Crippen molar-refractivity contribution in [2.24, 2.45) is 0 Å². The molecule has 5 heteroatoms. The topological polar surface area (TPSA) is 59.2 Å². The minimum absolute atomic E-state index is 0.0384. The van der Waals surface area contributed by atoms with Gasteiger partial charge in [0.1, 0.15) is 0 Å². The predicted molar refractivity (Wildman–Crippen MR) is 83.2 cm³/mol. The monoisotopic (exact) mass is 333 g/mol. The number of nitrogens with zero attached hydrogens (tertiary/aromatic N) is 2. The van der Waals surface area contributed by atoms with E-state index < -0.39 is 0 Å². The second-order valence-corrected chi connectivity index (χ2v) is 5.18. The van der Waals surface area contributed by atoms with Gasteiger partial charge in [-0.1, -0.05) is 6.07 Å². The Balaban J connectivity index is 2.23. The van der Waals surface area contributed by atoms with E-state index in [1.54, 1.807) is 35.5 Å². The van der Waals surface area contributed by atoms with Crippen LogP contribution in [0.2, 0.25) is 0 Å². The first kappa shape index (κ1) is 14.5. The standard InChI is InChI=1S/C15H16BrN3O/c1-2-19(10-11-6-8-18-9-7-11)15(20)12-4-3-5-13(17)14(12)16/h3-9H,2,10,17H2,1H3. The molecular weight excluding hydrogens is 318 g/mol. The fraction of sp³-hybridized carbons (Fsp3) is 0.200. The summed E-state index contributed by atoms with van der Waals surface area (Å²) in [4.78, 5) is 18.3. The van der Waals surface area contributed by atoms with Crippen molar-refractivity contribution >= 4 is 27.5 Å². The number of rotatable bonds is 4. The van der Waals surface area contributed by atoms with Crippen LogP contribution < -0.4 is 5.73 Å². The molecule has 0 fully saturated rings. The zero-order valence-corrected chi connectivity index (χ0v) is 12.8. The third-order valence-electron chi connectivity index (χ3n) is 3.05. The summed E-state index contributed by atoms with van der Waals surface area (Å²) in [6.45, 7) is 3.14. The van der Waals surface area contributed by atoms with Gasteiger partial charge in [-0.3, -0.25) is 9.78 Å². The third-order valence-corrected chi connectivity index (χ3v) is 3.94. The number of amides is 1. The van der Waals surface area contributed by atoms with E-state index in [2.05, 4.69) is 20.9 Å². The molecule has 0 saturated heterocycles. The first-order valence-electron chi connectivity index (χ1n) is 6.35. The first-order valence-corrected chi connectivity index (χ1v) is 7.15. The van der Waals surface area contributed by atoms with Crippen LogP contribution in [0.3, 0.4) is 0 Å². The molecule has 0 aliphatic carbocycles. The lowest BCUT2D eigenvalue weighted by Gasteiger charge is -2.22. The highest BCUT2D eigenvalue weighted by Gasteiger charge is 2.18. The van der Waals surface area contributed by atoms with Crippen LogP contribution in [0, 0.1) is 0 Å². The lowest BCUT2D eigenvalue weighted by atomic mass is 10.1. The van der Waals surface area contributed by atoms with Gasteiger partial charge in [0.2, 0.25) is 0 Å². The molecule has 0 unspecified atom stereocenters. The summed E-state index contributed by atoms with van der Waals surface area (Å²) in [5.41, 5.74) is 8.03. The van der Waals surface area contributed by atoms with Crippen molar-refractivity contribution in [3.63, 3.8) is 0 Å². The number of anilines is 1. The highest BCUT2D eigenvalue weighted by atomic mass is 79.9. The molecule has 0 bridgehead atoms. The number of hydrogen-bond acceptors (Lipinski definition) is 3. The SMILES string of the molecule is CCN(Cc1ccncc1)C(=O)c1cccc(N)c1Br. The van der Waals surface area contributed by atoms with E-state index in [-0.39, 0.29) is 5.91 Å². The van der Waals surface area contributed by atoms with Crippen LogP contribution in [0.1, 0.15) is 22.8 Å². The van der Waals surface area contributed by atoms with Gasteiger partial charge in [-0.2, -0.15) is 0 Å². The highest BCUT2D eigenvalue weighted by Crippen LogP contribution is 2.25. The minimum atomic E-state index is -0.0384. The van der Waals surface area contributed by atoms with Crippen molar-refractivity contribution in [1.29, 1.82) is 0 Å². The molecule has 0 spiro atoms. The molecule has 1 heterocycles. The molecule has 0 saturated carbocycles. The number of benzene rings is 1. The Labute approximate surface area is 126 Å². The molecule has 1 amide bonds. The second kappa shape index (κ2) is 6.52. The quantitative estimate of drug-likeness (QED) is 0.874. The smallest absolute Gasteiger partial charge is 0.255 e. The summed E-state index contributed by atoms with van der Waals surface area (Å²) in [5.74, 6) is -0.0384. The number of hydrogen-bond donors (Lipinski definition) is 1. The lowest BCUT2D eigenvalue weighted by Crippen LogP contribution is -2.30. The van der Waals surface area contributed by atoms with Crippen LogP contribution in [0.25, 0.3) is 0 Å². The number of carbonyl (C=O) groups is 1. The Hall–Kier alpha value is -1.88. The first-order chi connectivity index (χ1) is 9.63. The summed E-state index contributed by atoms with van der Waals surface area (Å²) >= 11 is 3.38. The van der Waals surface area contributed by atoms with Gasteiger partial charge in [-0.25, -0.2) is 0 Å². The van der Waals surface area contributed by atoms with E-state index in [0.717, 1.165) is 5.56 Å². The summed E-state index contributed by atoms with van der Waals surface area (Å²) in [5, 5.41) is 0. The van der Waals surface area contributed by atoms with Crippen molar-refractivity contribution in [3.05, 3.63) is 58.3 Å². The minimum Gasteiger partial charge on any atom is -0.398 e. The molecule has 2 rings (SSSR count). The van der Waals surface area contributed by atoms with Crippen LogP contribution in [0.15, 0.2) is 47.2 Å². The van der Waals surface area contributed by atoms with Crippen molar-refractivity contribution in [1.82, 2.24) is 9.88 Å². The predicted octanol–water partition coefficient (Wildman–Crippen LogP) is 3.09. The summed E-state index contributed by atoms with van der Waals surface area (Å²) in [6, 6.07) is 9.14. The number of aromatic nitrogens is 1. The zero-order chi connectivity index (χ0) is 14.5. The highest BCUT2D eigenvalue weighted by molar-refractivity contribution is 9.10. The normalized spacial score (nSPS) is 10.3. The summed E-state index contributed by atoms with van der Waals surface area (Å²) in [6.07, 6.45) is 3.45. The van der Waals surface area contributed by atoms with Gasteiger partial charge in [0.25, 0.3) is 5.91 Å². The third kappa shape index (κ3) is 3.17. The molecular formula is C15H16BrN3O. The van der Waals surface area contributed by atoms with Gasteiger partial charge in [0.05, 0.1) is 10.0 Å². The van der Waals surface area contributed by atoms with Gasteiger partial charge >= 0.3 is 0 Å². The molecule has 0 radical (unpaired) electrons. The maximum atomic E-state index is 12.6. The average molecular weight is 334 g/mol. The molecule has 0 atom stereocenters. The van der Waals surface area contributed by atoms with Crippen LogP contribution in [0.5, 0.6) is 0 Å². The van der Waals surface area contributed by atoms with Gasteiger partial charge in [-0.05, 0) is 52.7 Å². The van der Waals surface area contributed by atoms with E-state index in [9.17, 15) is 4.79 Å². The number of halogens is 1. The fourth-order valence-corrected chi connectivity index (χ4v) is 2.36. The average Bonchev–Trinajstić information content (AvgIpc) is 2.48. The number of pyridine rings is 1. The Morgan fingerprint density at radius 1 is 1.30 bits per heavy atom. The van der Waals surface area contributed by atoms with Crippen LogP contribution >= 0.6 is 15.9 Å². The lowest BCUT2D eigenvalue weighted by molar-refractivity contribution is 0.0751. The van der Waals surface area contributed by atoms with Crippen LogP contribution in [0.4, 0.5) is 5.69 Å². The van der Waals surface area contributed by atoms with Gasteiger partial charge in [0.15, 0.2) is 0 Å². The van der Waals surface area contributed by atoms with Crippen molar-refractivity contribution in [3.8, 4) is 0 Å². The van der Waals surface area contributed by atoms with E-state index in [4.69, 9.17) is 5.73 Å². The number of carbonyl (C=O) groups excluding carboxylic acids is 1. The fourth-order valence-electron chi connectivity index (χ4n) is 1.92. The van der Waals surface area contributed by atoms with E-state index in [1.165, 1.54) is 0 Å². The zero-order valence-electron chi connectivity index (χ0n) is 11.2.